The van der Waals surface area contributed by atoms with Crippen LogP contribution >= 0.6 is 11.9 Å². The molecule has 136 valence electrons. The molecule has 3 rings (SSSR count). The van der Waals surface area contributed by atoms with Gasteiger partial charge in [0.15, 0.2) is 0 Å². The third-order valence-electron chi connectivity index (χ3n) is 3.53. The molecule has 0 radical (unpaired) electrons. The number of halogens is 1. The Balaban J connectivity index is 1.83. The lowest BCUT2D eigenvalue weighted by Crippen LogP contribution is -2.15. The van der Waals surface area contributed by atoms with E-state index in [-0.39, 0.29) is 5.82 Å². The number of fused-ring (bicyclic) bond motifs is 1. The van der Waals surface area contributed by atoms with E-state index in [0.717, 1.165) is 16.9 Å². The first-order chi connectivity index (χ1) is 12.7. The van der Waals surface area contributed by atoms with Crippen molar-refractivity contribution < 1.29 is 13.9 Å². The minimum absolute atomic E-state index is 0.327. The molecule has 0 atom stereocenters. The third kappa shape index (κ3) is 4.26. The van der Waals surface area contributed by atoms with Crippen LogP contribution in [0.1, 0.15) is 12.5 Å². The van der Waals surface area contributed by atoms with Gasteiger partial charge in [-0.15, -0.1) is 0 Å². The predicted molar refractivity (Wildman–Crippen MR) is 102 cm³/mol. The van der Waals surface area contributed by atoms with Gasteiger partial charge in [0.25, 0.3) is 0 Å². The monoisotopic (exact) mass is 374 g/mol. The maximum atomic E-state index is 13.6. The number of rotatable bonds is 6. The summed E-state index contributed by atoms with van der Waals surface area (Å²) in [6, 6.07) is 6.28. The van der Waals surface area contributed by atoms with E-state index < -0.39 is 0 Å². The van der Waals surface area contributed by atoms with Crippen molar-refractivity contribution in [1.82, 2.24) is 10.3 Å². The zero-order chi connectivity index (χ0) is 18.4. The minimum atomic E-state index is -0.327. The summed E-state index contributed by atoms with van der Waals surface area (Å²) in [5.74, 6) is 0.800. The van der Waals surface area contributed by atoms with E-state index in [4.69, 9.17) is 14.9 Å². The van der Waals surface area contributed by atoms with E-state index in [1.165, 1.54) is 30.3 Å². The van der Waals surface area contributed by atoms with Crippen molar-refractivity contribution in [2.75, 3.05) is 24.5 Å². The molecule has 2 heterocycles. The zero-order valence-corrected chi connectivity index (χ0v) is 15.0. The molecular weight excluding hydrogens is 355 g/mol. The molecule has 1 aromatic carbocycles. The Morgan fingerprint density at radius 3 is 3.15 bits per heavy atom. The number of hydrogen-bond donors (Lipinski definition) is 3. The molecule has 0 fully saturated rings. The van der Waals surface area contributed by atoms with Crippen LogP contribution in [0.2, 0.25) is 0 Å². The first-order valence-electron chi connectivity index (χ1n) is 8.14. The van der Waals surface area contributed by atoms with Crippen molar-refractivity contribution in [3.8, 4) is 11.6 Å². The molecule has 2 aromatic rings. The van der Waals surface area contributed by atoms with Crippen LogP contribution in [-0.4, -0.2) is 31.0 Å². The summed E-state index contributed by atoms with van der Waals surface area (Å²) in [5, 5.41) is 10.5. The van der Waals surface area contributed by atoms with Gasteiger partial charge in [0, 0.05) is 18.5 Å². The normalized spacial score (nSPS) is 14.6. The first-order valence-corrected chi connectivity index (χ1v) is 8.96. The summed E-state index contributed by atoms with van der Waals surface area (Å²) in [6.45, 7) is 3.51. The van der Waals surface area contributed by atoms with Gasteiger partial charge in [-0.25, -0.2) is 9.37 Å². The Labute approximate surface area is 155 Å². The second-order valence-corrected chi connectivity index (χ2v) is 6.18. The molecule has 0 bridgehead atoms. The highest BCUT2D eigenvalue weighted by Crippen LogP contribution is 2.33. The lowest BCUT2D eigenvalue weighted by molar-refractivity contribution is 0.315. The number of benzene rings is 1. The Kier molecular flexibility index (Phi) is 5.96. The van der Waals surface area contributed by atoms with E-state index >= 15 is 0 Å². The molecule has 0 aliphatic carbocycles. The van der Waals surface area contributed by atoms with Crippen molar-refractivity contribution in [2.24, 2.45) is 0 Å². The molecule has 0 spiro atoms. The van der Waals surface area contributed by atoms with E-state index in [0.29, 0.717) is 36.3 Å². The molecule has 3 N–H and O–H groups in total. The van der Waals surface area contributed by atoms with Gasteiger partial charge in [-0.2, -0.15) is 0 Å². The van der Waals surface area contributed by atoms with Crippen molar-refractivity contribution in [3.63, 3.8) is 0 Å². The van der Waals surface area contributed by atoms with Gasteiger partial charge in [-0.1, -0.05) is 0 Å². The molecule has 8 heteroatoms. The van der Waals surface area contributed by atoms with E-state index in [1.54, 1.807) is 18.3 Å². The molecule has 1 aliphatic heterocycles. The van der Waals surface area contributed by atoms with E-state index in [2.05, 4.69) is 15.0 Å². The first kappa shape index (κ1) is 18.1. The topological polar surface area (TPSA) is 79.3 Å². The fourth-order valence-corrected chi connectivity index (χ4v) is 3.17. The molecule has 1 aromatic heterocycles. The highest BCUT2D eigenvalue weighted by atomic mass is 32.2. The molecular formula is C18H19FN4O2S. The van der Waals surface area contributed by atoms with Crippen LogP contribution in [0.5, 0.6) is 11.6 Å². The van der Waals surface area contributed by atoms with Crippen LogP contribution in [0.3, 0.4) is 0 Å². The number of aromatic nitrogens is 1. The summed E-state index contributed by atoms with van der Waals surface area (Å²) < 4.78 is 27.9. The second-order valence-electron chi connectivity index (χ2n) is 5.33. The van der Waals surface area contributed by atoms with Crippen molar-refractivity contribution >= 4 is 29.5 Å². The number of allylic oxidation sites excluding steroid dienone is 1. The van der Waals surface area contributed by atoms with Gasteiger partial charge in [0.05, 0.1) is 29.0 Å². The zero-order valence-electron chi connectivity index (χ0n) is 14.2. The van der Waals surface area contributed by atoms with Crippen molar-refractivity contribution in [2.45, 2.75) is 11.8 Å². The van der Waals surface area contributed by atoms with Gasteiger partial charge in [-0.3, -0.25) is 0 Å². The SMILES string of the molecule is CCOc1ccc(F)cc1SNc1cnc2c(c1)/C(=C/C=N)NCCO2. The van der Waals surface area contributed by atoms with Gasteiger partial charge in [0.1, 0.15) is 18.2 Å². The van der Waals surface area contributed by atoms with Gasteiger partial charge < -0.3 is 24.9 Å². The number of anilines is 1. The molecule has 0 amide bonds. The van der Waals surface area contributed by atoms with E-state index in [1.807, 2.05) is 13.0 Å². The second kappa shape index (κ2) is 8.57. The largest absolute Gasteiger partial charge is 0.493 e. The summed E-state index contributed by atoms with van der Waals surface area (Å²) in [5.41, 5.74) is 2.26. The molecule has 0 unspecified atom stereocenters. The van der Waals surface area contributed by atoms with Crippen LogP contribution in [0.25, 0.3) is 5.70 Å². The maximum absolute atomic E-state index is 13.6. The number of nitrogens with one attached hydrogen (secondary N) is 3. The van der Waals surface area contributed by atoms with Crippen LogP contribution in [0.4, 0.5) is 10.1 Å². The van der Waals surface area contributed by atoms with Crippen molar-refractivity contribution in [1.29, 1.82) is 5.41 Å². The van der Waals surface area contributed by atoms with Crippen LogP contribution in [-0.2, 0) is 0 Å². The van der Waals surface area contributed by atoms with Crippen molar-refractivity contribution in [3.05, 3.63) is 47.9 Å². The number of hydrogen-bond acceptors (Lipinski definition) is 7. The highest BCUT2D eigenvalue weighted by molar-refractivity contribution is 8.00. The standard InChI is InChI=1S/C18H19FN4O2S/c1-2-24-16-4-3-12(19)9-17(16)26-23-13-10-14-15(5-6-20)21-7-8-25-18(14)22-11-13/h3-6,9-11,20-21,23H,2,7-8H2,1H3/b15-5-,20-6?. The Hall–Kier alpha value is -2.74. The quantitative estimate of drug-likeness (QED) is 0.528. The number of ether oxygens (including phenoxy) is 2. The third-order valence-corrected chi connectivity index (χ3v) is 4.41. The summed E-state index contributed by atoms with van der Waals surface area (Å²) >= 11 is 1.24. The molecule has 0 saturated carbocycles. The Bertz CT molecular complexity index is 829. The fourth-order valence-electron chi connectivity index (χ4n) is 2.43. The molecule has 1 aliphatic rings. The van der Waals surface area contributed by atoms with Gasteiger partial charge >= 0.3 is 0 Å². The van der Waals surface area contributed by atoms with Crippen LogP contribution in [0.15, 0.2) is 41.4 Å². The van der Waals surface area contributed by atoms with Crippen LogP contribution < -0.4 is 19.5 Å². The summed E-state index contributed by atoms with van der Waals surface area (Å²) in [4.78, 5) is 4.99. The summed E-state index contributed by atoms with van der Waals surface area (Å²) in [6.07, 6.45) is 4.53. The fraction of sp³-hybridized carbons (Fsp3) is 0.222. The number of nitrogens with zero attached hydrogens (tertiary/aromatic N) is 1. The molecule has 26 heavy (non-hydrogen) atoms. The van der Waals surface area contributed by atoms with Crippen LogP contribution in [0, 0.1) is 11.2 Å². The van der Waals surface area contributed by atoms with E-state index in [9.17, 15) is 4.39 Å². The molecule has 0 saturated heterocycles. The Morgan fingerprint density at radius 1 is 1.46 bits per heavy atom. The summed E-state index contributed by atoms with van der Waals surface area (Å²) in [7, 11) is 0. The van der Waals surface area contributed by atoms with Gasteiger partial charge in [0.2, 0.25) is 5.88 Å². The average Bonchev–Trinajstić information content (AvgIpc) is 2.84. The maximum Gasteiger partial charge on any atom is 0.223 e. The Morgan fingerprint density at radius 2 is 2.35 bits per heavy atom. The smallest absolute Gasteiger partial charge is 0.223 e. The highest BCUT2D eigenvalue weighted by Gasteiger charge is 2.15. The number of pyridine rings is 1. The minimum Gasteiger partial charge on any atom is -0.493 e. The van der Waals surface area contributed by atoms with Gasteiger partial charge in [-0.05, 0) is 49.2 Å². The lowest BCUT2D eigenvalue weighted by Gasteiger charge is -2.13. The molecule has 6 nitrogen and oxygen atoms in total. The average molecular weight is 374 g/mol. The lowest BCUT2D eigenvalue weighted by atomic mass is 10.2. The predicted octanol–water partition coefficient (Wildman–Crippen LogP) is 3.71.